The minimum Gasteiger partial charge on any atom is -0.491 e. The van der Waals surface area contributed by atoms with Gasteiger partial charge in [0.25, 0.3) is 5.91 Å². The van der Waals surface area contributed by atoms with Crippen molar-refractivity contribution >= 4 is 11.8 Å². The first-order valence-electron chi connectivity index (χ1n) is 7.14. The molecule has 1 aliphatic rings. The molecular formula is C17H20N2O3. The molecule has 1 N–H and O–H groups in total. The number of rotatable bonds is 1. The average Bonchev–Trinajstić information content (AvgIpc) is 2.63. The van der Waals surface area contributed by atoms with Crippen molar-refractivity contribution in [2.45, 2.75) is 32.4 Å². The summed E-state index contributed by atoms with van der Waals surface area (Å²) >= 11 is 0. The van der Waals surface area contributed by atoms with Crippen LogP contribution in [0.1, 0.15) is 32.4 Å². The van der Waals surface area contributed by atoms with E-state index in [4.69, 9.17) is 11.2 Å². The lowest BCUT2D eigenvalue weighted by Gasteiger charge is -2.30. The smallest absolute Gasteiger partial charge is 0.299 e. The fourth-order valence-electron chi connectivity index (χ4n) is 2.41. The normalized spacial score (nSPS) is 17.5. The van der Waals surface area contributed by atoms with Crippen LogP contribution < -0.4 is 10.1 Å². The first kappa shape index (κ1) is 15.9. The highest BCUT2D eigenvalue weighted by atomic mass is 16.5. The molecule has 0 radical (unpaired) electrons. The van der Waals surface area contributed by atoms with E-state index in [2.05, 4.69) is 11.2 Å². The molecular weight excluding hydrogens is 280 g/mol. The Morgan fingerprint density at radius 2 is 2.05 bits per heavy atom. The lowest BCUT2D eigenvalue weighted by atomic mass is 10.0. The zero-order valence-electron chi connectivity index (χ0n) is 13.1. The molecule has 1 aromatic carbocycles. The lowest BCUT2D eigenvalue weighted by molar-refractivity contribution is -0.137. The first-order valence-corrected chi connectivity index (χ1v) is 7.14. The second-order valence-electron chi connectivity index (χ2n) is 6.17. The summed E-state index contributed by atoms with van der Waals surface area (Å²) in [6, 6.07) is 6.42. The Morgan fingerprint density at radius 3 is 2.68 bits per heavy atom. The van der Waals surface area contributed by atoms with Crippen LogP contribution in [0.5, 0.6) is 5.75 Å². The third-order valence-corrected chi connectivity index (χ3v) is 3.25. The standard InChI is InChI=1S/C17H20N2O3/c1-5-14(20)19-10-11-22-13-9-7-6-8-12(13)15(19)16(21)18-17(2,3)4/h1,6-9,15H,10-11H2,2-4H3,(H,18,21). The number of carbonyl (C=O) groups is 2. The van der Waals surface area contributed by atoms with Gasteiger partial charge in [-0.25, -0.2) is 0 Å². The zero-order valence-corrected chi connectivity index (χ0v) is 13.1. The number of carbonyl (C=O) groups excluding carboxylic acids is 2. The van der Waals surface area contributed by atoms with Gasteiger partial charge in [0, 0.05) is 11.1 Å². The Balaban J connectivity index is 2.47. The Bertz CT molecular complexity index is 626. The van der Waals surface area contributed by atoms with Gasteiger partial charge in [-0.3, -0.25) is 9.59 Å². The minimum atomic E-state index is -0.790. The molecule has 0 saturated heterocycles. The van der Waals surface area contributed by atoms with Crippen molar-refractivity contribution < 1.29 is 14.3 Å². The van der Waals surface area contributed by atoms with E-state index in [1.54, 1.807) is 12.1 Å². The molecule has 0 bridgehead atoms. The van der Waals surface area contributed by atoms with Crippen LogP contribution in [0.15, 0.2) is 24.3 Å². The zero-order chi connectivity index (χ0) is 16.3. The molecule has 22 heavy (non-hydrogen) atoms. The maximum Gasteiger partial charge on any atom is 0.299 e. The van der Waals surface area contributed by atoms with Crippen molar-refractivity contribution in [3.8, 4) is 18.1 Å². The van der Waals surface area contributed by atoms with Gasteiger partial charge in [-0.1, -0.05) is 18.2 Å². The third kappa shape index (κ3) is 3.40. The summed E-state index contributed by atoms with van der Waals surface area (Å²) in [6.45, 7) is 6.22. The molecule has 116 valence electrons. The van der Waals surface area contributed by atoms with Crippen LogP contribution in [0.25, 0.3) is 0 Å². The number of hydrogen-bond donors (Lipinski definition) is 1. The van der Waals surface area contributed by atoms with Gasteiger partial charge in [-0.15, -0.1) is 6.42 Å². The number of benzene rings is 1. The van der Waals surface area contributed by atoms with Gasteiger partial charge < -0.3 is 15.0 Å². The molecule has 5 nitrogen and oxygen atoms in total. The lowest BCUT2D eigenvalue weighted by Crippen LogP contribution is -2.49. The van der Waals surface area contributed by atoms with E-state index in [0.717, 1.165) is 0 Å². The second-order valence-corrected chi connectivity index (χ2v) is 6.17. The van der Waals surface area contributed by atoms with Gasteiger partial charge >= 0.3 is 0 Å². The van der Waals surface area contributed by atoms with Gasteiger partial charge in [-0.2, -0.15) is 0 Å². The van der Waals surface area contributed by atoms with E-state index in [1.165, 1.54) is 4.90 Å². The van der Waals surface area contributed by atoms with E-state index in [0.29, 0.717) is 17.9 Å². The molecule has 0 spiro atoms. The number of para-hydroxylation sites is 1. The number of amides is 2. The van der Waals surface area contributed by atoms with E-state index >= 15 is 0 Å². The fraction of sp³-hybridized carbons (Fsp3) is 0.412. The molecule has 2 amide bonds. The molecule has 1 atom stereocenters. The molecule has 0 fully saturated rings. The Kier molecular flexibility index (Phi) is 4.41. The summed E-state index contributed by atoms with van der Waals surface area (Å²) in [5.74, 6) is 1.90. The van der Waals surface area contributed by atoms with Gasteiger partial charge in [0.1, 0.15) is 18.4 Å². The summed E-state index contributed by atoms with van der Waals surface area (Å²) in [7, 11) is 0. The van der Waals surface area contributed by atoms with Crippen LogP contribution in [0, 0.1) is 12.3 Å². The quantitative estimate of drug-likeness (QED) is 0.800. The molecule has 1 heterocycles. The van der Waals surface area contributed by atoms with E-state index in [1.807, 2.05) is 32.9 Å². The third-order valence-electron chi connectivity index (χ3n) is 3.25. The molecule has 5 heteroatoms. The molecule has 1 aliphatic heterocycles. The number of nitrogens with one attached hydrogen (secondary N) is 1. The molecule has 0 saturated carbocycles. The maximum absolute atomic E-state index is 12.7. The van der Waals surface area contributed by atoms with Crippen molar-refractivity contribution in [2.24, 2.45) is 0 Å². The largest absolute Gasteiger partial charge is 0.491 e. The van der Waals surface area contributed by atoms with Gasteiger partial charge in [0.05, 0.1) is 6.54 Å². The van der Waals surface area contributed by atoms with Gasteiger partial charge in [0.2, 0.25) is 5.91 Å². The summed E-state index contributed by atoms with van der Waals surface area (Å²) < 4.78 is 5.64. The minimum absolute atomic E-state index is 0.264. The fourth-order valence-corrected chi connectivity index (χ4v) is 2.41. The summed E-state index contributed by atoms with van der Waals surface area (Å²) in [5.41, 5.74) is 0.231. The molecule has 2 rings (SSSR count). The summed E-state index contributed by atoms with van der Waals surface area (Å²) in [5, 5.41) is 2.91. The van der Waals surface area contributed by atoms with Crippen LogP contribution in [0.4, 0.5) is 0 Å². The molecule has 1 unspecified atom stereocenters. The van der Waals surface area contributed by atoms with Crippen LogP contribution in [-0.2, 0) is 9.59 Å². The van der Waals surface area contributed by atoms with Crippen LogP contribution >= 0.6 is 0 Å². The molecule has 0 aliphatic carbocycles. The number of nitrogens with zero attached hydrogens (tertiary/aromatic N) is 1. The number of hydrogen-bond acceptors (Lipinski definition) is 3. The predicted octanol–water partition coefficient (Wildman–Crippen LogP) is 1.50. The van der Waals surface area contributed by atoms with E-state index in [-0.39, 0.29) is 12.5 Å². The van der Waals surface area contributed by atoms with E-state index < -0.39 is 17.5 Å². The van der Waals surface area contributed by atoms with Crippen molar-refractivity contribution in [3.63, 3.8) is 0 Å². The summed E-state index contributed by atoms with van der Waals surface area (Å²) in [6.07, 6.45) is 5.25. The van der Waals surface area contributed by atoms with Crippen molar-refractivity contribution in [2.75, 3.05) is 13.2 Å². The van der Waals surface area contributed by atoms with Gasteiger partial charge in [-0.05, 0) is 32.8 Å². The Morgan fingerprint density at radius 1 is 1.36 bits per heavy atom. The topological polar surface area (TPSA) is 58.6 Å². The molecule has 0 aromatic heterocycles. The number of ether oxygens (including phenoxy) is 1. The van der Waals surface area contributed by atoms with Crippen molar-refractivity contribution in [1.82, 2.24) is 10.2 Å². The van der Waals surface area contributed by atoms with Crippen molar-refractivity contribution in [1.29, 1.82) is 0 Å². The highest BCUT2D eigenvalue weighted by Gasteiger charge is 2.36. The highest BCUT2D eigenvalue weighted by molar-refractivity contribution is 5.97. The Hall–Kier alpha value is -2.48. The summed E-state index contributed by atoms with van der Waals surface area (Å²) in [4.78, 5) is 26.2. The van der Waals surface area contributed by atoms with Gasteiger partial charge in [0.15, 0.2) is 0 Å². The predicted molar refractivity (Wildman–Crippen MR) is 83.1 cm³/mol. The maximum atomic E-state index is 12.7. The number of terminal acetylenes is 1. The van der Waals surface area contributed by atoms with Crippen molar-refractivity contribution in [3.05, 3.63) is 29.8 Å². The van der Waals surface area contributed by atoms with E-state index in [9.17, 15) is 9.59 Å². The average molecular weight is 300 g/mol. The SMILES string of the molecule is C#CC(=O)N1CCOc2ccccc2C1C(=O)NC(C)(C)C. The molecule has 1 aromatic rings. The monoisotopic (exact) mass is 300 g/mol. The first-order chi connectivity index (χ1) is 10.3. The van der Waals surface area contributed by atoms with Crippen LogP contribution in [0.2, 0.25) is 0 Å². The van der Waals surface area contributed by atoms with Crippen LogP contribution in [-0.4, -0.2) is 35.4 Å². The Labute approximate surface area is 130 Å². The highest BCUT2D eigenvalue weighted by Crippen LogP contribution is 2.32. The van der Waals surface area contributed by atoms with Crippen LogP contribution in [0.3, 0.4) is 0 Å². The number of fused-ring (bicyclic) bond motifs is 1. The second kappa shape index (κ2) is 6.10.